The molecule has 0 atom stereocenters. The zero-order valence-electron chi connectivity index (χ0n) is 11.4. The standard InChI is InChI=1S/C16H13N3O2/c1-21-16(20)12-6-8-18-15(9-12)19-14-4-2-3-11-5-7-17-10-13(11)14/h2-10H,1H3,(H,18,19). The maximum Gasteiger partial charge on any atom is 0.338 e. The second-order valence-corrected chi connectivity index (χ2v) is 4.45. The number of benzene rings is 1. The number of carbonyl (C=O) groups is 1. The van der Waals surface area contributed by atoms with Gasteiger partial charge in [0.1, 0.15) is 5.82 Å². The van der Waals surface area contributed by atoms with Crippen molar-refractivity contribution in [2.75, 3.05) is 12.4 Å². The molecule has 0 aliphatic heterocycles. The summed E-state index contributed by atoms with van der Waals surface area (Å²) in [7, 11) is 1.35. The van der Waals surface area contributed by atoms with Gasteiger partial charge in [-0.15, -0.1) is 0 Å². The molecule has 0 saturated heterocycles. The van der Waals surface area contributed by atoms with Crippen molar-refractivity contribution in [3.05, 3.63) is 60.6 Å². The van der Waals surface area contributed by atoms with E-state index in [4.69, 9.17) is 4.74 Å². The lowest BCUT2D eigenvalue weighted by Gasteiger charge is -2.09. The van der Waals surface area contributed by atoms with Gasteiger partial charge in [0.05, 0.1) is 12.7 Å². The van der Waals surface area contributed by atoms with Crippen LogP contribution in [0, 0.1) is 0 Å². The van der Waals surface area contributed by atoms with Gasteiger partial charge in [0.15, 0.2) is 0 Å². The zero-order valence-corrected chi connectivity index (χ0v) is 11.4. The smallest absolute Gasteiger partial charge is 0.338 e. The second-order valence-electron chi connectivity index (χ2n) is 4.45. The molecule has 1 aromatic carbocycles. The van der Waals surface area contributed by atoms with Gasteiger partial charge < -0.3 is 10.1 Å². The van der Waals surface area contributed by atoms with E-state index in [9.17, 15) is 4.79 Å². The maximum atomic E-state index is 11.5. The monoisotopic (exact) mass is 279 g/mol. The van der Waals surface area contributed by atoms with Gasteiger partial charge in [-0.2, -0.15) is 0 Å². The van der Waals surface area contributed by atoms with Crippen LogP contribution in [0.1, 0.15) is 10.4 Å². The largest absolute Gasteiger partial charge is 0.465 e. The lowest BCUT2D eigenvalue weighted by molar-refractivity contribution is 0.0600. The Hall–Kier alpha value is -2.95. The second kappa shape index (κ2) is 5.58. The molecule has 3 aromatic rings. The van der Waals surface area contributed by atoms with Crippen LogP contribution in [-0.4, -0.2) is 23.0 Å². The molecule has 2 heterocycles. The fraction of sp³-hybridized carbons (Fsp3) is 0.0625. The summed E-state index contributed by atoms with van der Waals surface area (Å²) in [5.41, 5.74) is 1.34. The molecule has 0 saturated carbocycles. The molecule has 21 heavy (non-hydrogen) atoms. The summed E-state index contributed by atoms with van der Waals surface area (Å²) in [6.07, 6.45) is 5.11. The molecule has 0 aliphatic carbocycles. The highest BCUT2D eigenvalue weighted by molar-refractivity contribution is 5.95. The Morgan fingerprint density at radius 1 is 1.19 bits per heavy atom. The number of anilines is 2. The molecule has 5 heteroatoms. The van der Waals surface area contributed by atoms with E-state index in [1.54, 1.807) is 30.7 Å². The summed E-state index contributed by atoms with van der Waals surface area (Å²) < 4.78 is 4.71. The van der Waals surface area contributed by atoms with Crippen LogP contribution in [-0.2, 0) is 4.74 Å². The molecule has 0 bridgehead atoms. The lowest BCUT2D eigenvalue weighted by Crippen LogP contribution is -2.03. The van der Waals surface area contributed by atoms with E-state index in [0.717, 1.165) is 16.5 Å². The third-order valence-electron chi connectivity index (χ3n) is 3.13. The zero-order chi connectivity index (χ0) is 14.7. The highest BCUT2D eigenvalue weighted by Gasteiger charge is 2.07. The van der Waals surface area contributed by atoms with Crippen LogP contribution in [0.4, 0.5) is 11.5 Å². The number of rotatable bonds is 3. The molecule has 104 valence electrons. The number of nitrogens with one attached hydrogen (secondary N) is 1. The van der Waals surface area contributed by atoms with Gasteiger partial charge in [0.2, 0.25) is 0 Å². The van der Waals surface area contributed by atoms with Crippen LogP contribution in [0.25, 0.3) is 10.8 Å². The van der Waals surface area contributed by atoms with Gasteiger partial charge in [-0.1, -0.05) is 12.1 Å². The van der Waals surface area contributed by atoms with E-state index in [1.807, 2.05) is 24.3 Å². The number of carbonyl (C=O) groups excluding carboxylic acids is 1. The molecular formula is C16H13N3O2. The van der Waals surface area contributed by atoms with Crippen molar-refractivity contribution in [2.24, 2.45) is 0 Å². The highest BCUT2D eigenvalue weighted by atomic mass is 16.5. The lowest BCUT2D eigenvalue weighted by atomic mass is 10.1. The van der Waals surface area contributed by atoms with Crippen molar-refractivity contribution in [2.45, 2.75) is 0 Å². The molecular weight excluding hydrogens is 266 g/mol. The third kappa shape index (κ3) is 2.67. The van der Waals surface area contributed by atoms with Crippen molar-refractivity contribution in [3.63, 3.8) is 0 Å². The van der Waals surface area contributed by atoms with E-state index in [2.05, 4.69) is 15.3 Å². The Morgan fingerprint density at radius 3 is 2.95 bits per heavy atom. The van der Waals surface area contributed by atoms with Crippen LogP contribution in [0.5, 0.6) is 0 Å². The van der Waals surface area contributed by atoms with Gasteiger partial charge >= 0.3 is 5.97 Å². The van der Waals surface area contributed by atoms with Gasteiger partial charge in [0, 0.05) is 29.7 Å². The number of hydrogen-bond acceptors (Lipinski definition) is 5. The van der Waals surface area contributed by atoms with Crippen molar-refractivity contribution in [1.82, 2.24) is 9.97 Å². The van der Waals surface area contributed by atoms with Crippen LogP contribution in [0.3, 0.4) is 0 Å². The number of fused-ring (bicyclic) bond motifs is 1. The fourth-order valence-corrected chi connectivity index (χ4v) is 2.10. The first-order valence-electron chi connectivity index (χ1n) is 6.42. The Labute approximate surface area is 121 Å². The van der Waals surface area contributed by atoms with Gasteiger partial charge in [-0.25, -0.2) is 9.78 Å². The summed E-state index contributed by atoms with van der Waals surface area (Å²) in [4.78, 5) is 19.9. The first-order valence-corrected chi connectivity index (χ1v) is 6.42. The van der Waals surface area contributed by atoms with Crippen LogP contribution >= 0.6 is 0 Å². The van der Waals surface area contributed by atoms with Gasteiger partial charge in [-0.3, -0.25) is 4.98 Å². The minimum atomic E-state index is -0.389. The van der Waals surface area contributed by atoms with Crippen LogP contribution in [0.15, 0.2) is 55.0 Å². The number of aromatic nitrogens is 2. The third-order valence-corrected chi connectivity index (χ3v) is 3.13. The Kier molecular flexibility index (Phi) is 3.47. The predicted octanol–water partition coefficient (Wildman–Crippen LogP) is 3.16. The summed E-state index contributed by atoms with van der Waals surface area (Å²) >= 11 is 0. The van der Waals surface area contributed by atoms with E-state index in [0.29, 0.717) is 11.4 Å². The molecule has 1 N–H and O–H groups in total. The SMILES string of the molecule is COC(=O)c1ccnc(Nc2cccc3ccncc23)c1. The molecule has 5 nitrogen and oxygen atoms in total. The van der Waals surface area contributed by atoms with Crippen molar-refractivity contribution in [1.29, 1.82) is 0 Å². The molecule has 0 radical (unpaired) electrons. The quantitative estimate of drug-likeness (QED) is 0.746. The number of nitrogens with zero attached hydrogens (tertiary/aromatic N) is 2. The van der Waals surface area contributed by atoms with Crippen LogP contribution < -0.4 is 5.32 Å². The number of methoxy groups -OCH3 is 1. The highest BCUT2D eigenvalue weighted by Crippen LogP contribution is 2.25. The number of pyridine rings is 2. The average Bonchev–Trinajstić information content (AvgIpc) is 2.55. The summed E-state index contributed by atoms with van der Waals surface area (Å²) in [5, 5.41) is 5.28. The minimum absolute atomic E-state index is 0.389. The Morgan fingerprint density at radius 2 is 2.10 bits per heavy atom. The molecule has 2 aromatic heterocycles. The molecule has 0 aliphatic rings. The predicted molar refractivity (Wildman–Crippen MR) is 80.6 cm³/mol. The van der Waals surface area contributed by atoms with Crippen molar-refractivity contribution >= 4 is 28.2 Å². The molecule has 3 rings (SSSR count). The van der Waals surface area contributed by atoms with Crippen LogP contribution in [0.2, 0.25) is 0 Å². The minimum Gasteiger partial charge on any atom is -0.465 e. The van der Waals surface area contributed by atoms with Crippen molar-refractivity contribution in [3.8, 4) is 0 Å². The van der Waals surface area contributed by atoms with Gasteiger partial charge in [-0.05, 0) is 29.7 Å². The molecule has 0 fully saturated rings. The maximum absolute atomic E-state index is 11.5. The molecule has 0 unspecified atom stereocenters. The van der Waals surface area contributed by atoms with E-state index in [-0.39, 0.29) is 5.97 Å². The Bertz CT molecular complexity index is 797. The topological polar surface area (TPSA) is 64.1 Å². The average molecular weight is 279 g/mol. The summed E-state index contributed by atoms with van der Waals surface area (Å²) in [5.74, 6) is 0.189. The number of hydrogen-bond donors (Lipinski definition) is 1. The van der Waals surface area contributed by atoms with E-state index < -0.39 is 0 Å². The Balaban J connectivity index is 1.97. The summed E-state index contributed by atoms with van der Waals surface area (Å²) in [6.45, 7) is 0. The summed E-state index contributed by atoms with van der Waals surface area (Å²) in [6, 6.07) is 11.1. The molecule has 0 spiro atoms. The fourth-order valence-electron chi connectivity index (χ4n) is 2.10. The normalized spacial score (nSPS) is 10.3. The first-order chi connectivity index (χ1) is 10.3. The van der Waals surface area contributed by atoms with E-state index in [1.165, 1.54) is 7.11 Å². The van der Waals surface area contributed by atoms with Gasteiger partial charge in [0.25, 0.3) is 0 Å². The van der Waals surface area contributed by atoms with E-state index >= 15 is 0 Å². The number of esters is 1. The number of ether oxygens (including phenoxy) is 1. The first kappa shape index (κ1) is 13.1. The molecule has 0 amide bonds. The van der Waals surface area contributed by atoms with Crippen molar-refractivity contribution < 1.29 is 9.53 Å².